The van der Waals surface area contributed by atoms with Crippen molar-refractivity contribution < 1.29 is 13.9 Å². The number of carbonyl (C=O) groups excluding carboxylic acids is 1. The smallest absolute Gasteiger partial charge is 0.271 e. The van der Waals surface area contributed by atoms with Gasteiger partial charge in [-0.1, -0.05) is 0 Å². The number of nitrogens with zero attached hydrogens (tertiary/aromatic N) is 1. The first-order valence-corrected chi connectivity index (χ1v) is 5.11. The molecule has 0 radical (unpaired) electrons. The largest absolute Gasteiger partial charge is 0.496 e. The van der Waals surface area contributed by atoms with Crippen LogP contribution in [-0.4, -0.2) is 31.1 Å². The van der Waals surface area contributed by atoms with Crippen LogP contribution in [0.4, 0.5) is 4.39 Å². The van der Waals surface area contributed by atoms with Crippen molar-refractivity contribution in [3.05, 3.63) is 29.6 Å². The highest BCUT2D eigenvalue weighted by atomic mass is 35.5. The van der Waals surface area contributed by atoms with Gasteiger partial charge >= 0.3 is 0 Å². The van der Waals surface area contributed by atoms with E-state index in [4.69, 9.17) is 4.74 Å². The van der Waals surface area contributed by atoms with Gasteiger partial charge in [0.05, 0.1) is 12.7 Å². The lowest BCUT2D eigenvalue weighted by molar-refractivity contribution is 0.0722. The molecule has 0 aliphatic carbocycles. The summed E-state index contributed by atoms with van der Waals surface area (Å²) < 4.78 is 18.1. The summed E-state index contributed by atoms with van der Waals surface area (Å²) in [6.07, 6.45) is 0.906. The van der Waals surface area contributed by atoms with Crippen LogP contribution in [0.1, 0.15) is 16.8 Å². The first-order valence-electron chi connectivity index (χ1n) is 5.11. The van der Waals surface area contributed by atoms with Gasteiger partial charge in [0, 0.05) is 13.1 Å². The Bertz CT molecular complexity index is 408. The first kappa shape index (κ1) is 13.7. The van der Waals surface area contributed by atoms with E-state index in [1.807, 2.05) is 0 Å². The summed E-state index contributed by atoms with van der Waals surface area (Å²) in [6, 6.07) is 3.92. The molecule has 6 heteroatoms. The van der Waals surface area contributed by atoms with Crippen molar-refractivity contribution in [1.82, 2.24) is 10.4 Å². The Morgan fingerprint density at radius 1 is 1.53 bits per heavy atom. The number of hydrogen-bond donors (Lipinski definition) is 1. The monoisotopic (exact) mass is 260 g/mol. The zero-order valence-electron chi connectivity index (χ0n) is 9.40. The van der Waals surface area contributed by atoms with Crippen LogP contribution in [0.2, 0.25) is 0 Å². The van der Waals surface area contributed by atoms with Crippen molar-refractivity contribution in [2.45, 2.75) is 6.42 Å². The summed E-state index contributed by atoms with van der Waals surface area (Å²) in [7, 11) is 1.46. The fourth-order valence-corrected chi connectivity index (χ4v) is 1.70. The van der Waals surface area contributed by atoms with Gasteiger partial charge < -0.3 is 4.74 Å². The molecule has 4 nitrogen and oxygen atoms in total. The lowest BCUT2D eigenvalue weighted by Gasteiger charge is -2.17. The van der Waals surface area contributed by atoms with Gasteiger partial charge in [0.15, 0.2) is 0 Å². The summed E-state index contributed by atoms with van der Waals surface area (Å²) >= 11 is 0. The molecule has 1 aliphatic rings. The van der Waals surface area contributed by atoms with Crippen molar-refractivity contribution in [2.75, 3.05) is 20.2 Å². The van der Waals surface area contributed by atoms with E-state index >= 15 is 0 Å². The number of nitrogens with one attached hydrogen (secondary N) is 1. The van der Waals surface area contributed by atoms with E-state index in [-0.39, 0.29) is 23.9 Å². The van der Waals surface area contributed by atoms with Crippen LogP contribution < -0.4 is 10.2 Å². The van der Waals surface area contributed by atoms with Crippen molar-refractivity contribution >= 4 is 18.3 Å². The van der Waals surface area contributed by atoms with Crippen LogP contribution in [0, 0.1) is 5.82 Å². The van der Waals surface area contributed by atoms with Gasteiger partial charge in [-0.2, -0.15) is 0 Å². The molecule has 1 aliphatic heterocycles. The van der Waals surface area contributed by atoms with Crippen molar-refractivity contribution in [1.29, 1.82) is 0 Å². The second-order valence-electron chi connectivity index (χ2n) is 3.56. The molecule has 1 aromatic rings. The molecule has 1 N–H and O–H groups in total. The number of amides is 1. The highest BCUT2D eigenvalue weighted by Gasteiger charge is 2.22. The molecule has 1 fully saturated rings. The molecule has 1 aromatic carbocycles. The van der Waals surface area contributed by atoms with Gasteiger partial charge in [-0.05, 0) is 24.6 Å². The Kier molecular flexibility index (Phi) is 4.72. The number of halogens is 2. The number of rotatable bonds is 2. The third-order valence-electron chi connectivity index (χ3n) is 2.50. The van der Waals surface area contributed by atoms with Crippen LogP contribution in [0.3, 0.4) is 0 Å². The average molecular weight is 261 g/mol. The minimum Gasteiger partial charge on any atom is -0.496 e. The molecule has 17 heavy (non-hydrogen) atoms. The van der Waals surface area contributed by atoms with Crippen LogP contribution in [0.15, 0.2) is 18.2 Å². The number of ether oxygens (including phenoxy) is 1. The van der Waals surface area contributed by atoms with Crippen molar-refractivity contribution in [2.24, 2.45) is 0 Å². The van der Waals surface area contributed by atoms with Gasteiger partial charge in [0.1, 0.15) is 11.6 Å². The highest BCUT2D eigenvalue weighted by Crippen LogP contribution is 2.21. The number of benzene rings is 1. The Morgan fingerprint density at radius 2 is 2.29 bits per heavy atom. The van der Waals surface area contributed by atoms with Crippen molar-refractivity contribution in [3.63, 3.8) is 0 Å². The van der Waals surface area contributed by atoms with Gasteiger partial charge in [0.25, 0.3) is 5.91 Å². The van der Waals surface area contributed by atoms with E-state index in [9.17, 15) is 9.18 Å². The zero-order chi connectivity index (χ0) is 11.5. The SMILES string of the molecule is COc1ccc(F)cc1C(=O)N1CCCN1.Cl. The molecule has 0 unspecified atom stereocenters. The van der Waals surface area contributed by atoms with E-state index in [0.717, 1.165) is 13.0 Å². The van der Waals surface area contributed by atoms with Crippen LogP contribution in [0.25, 0.3) is 0 Å². The molecule has 0 spiro atoms. The minimum absolute atomic E-state index is 0. The Balaban J connectivity index is 0.00000144. The number of hydrazine groups is 1. The molecule has 1 heterocycles. The standard InChI is InChI=1S/C11H13FN2O2.ClH/c1-16-10-4-3-8(12)7-9(10)11(15)14-6-2-5-13-14;/h3-4,7,13H,2,5-6H2,1H3;1H. The molecule has 1 amide bonds. The summed E-state index contributed by atoms with van der Waals surface area (Å²) in [5.74, 6) is -0.308. The fraction of sp³-hybridized carbons (Fsp3) is 0.364. The number of carbonyl (C=O) groups is 1. The Labute approximate surface area is 105 Å². The first-order chi connectivity index (χ1) is 7.72. The van der Waals surface area contributed by atoms with Crippen LogP contribution in [-0.2, 0) is 0 Å². The molecular formula is C11H14ClFN2O2. The molecule has 0 bridgehead atoms. The topological polar surface area (TPSA) is 41.6 Å². The van der Waals surface area contributed by atoms with Gasteiger partial charge in [-0.3, -0.25) is 9.80 Å². The van der Waals surface area contributed by atoms with E-state index in [1.165, 1.54) is 30.3 Å². The predicted octanol–water partition coefficient (Wildman–Crippen LogP) is 1.61. The maximum Gasteiger partial charge on any atom is 0.271 e. The Hall–Kier alpha value is -1.33. The lowest BCUT2D eigenvalue weighted by Crippen LogP contribution is -2.37. The van der Waals surface area contributed by atoms with Crippen LogP contribution >= 0.6 is 12.4 Å². The van der Waals surface area contributed by atoms with E-state index in [2.05, 4.69) is 5.43 Å². The second-order valence-corrected chi connectivity index (χ2v) is 3.56. The van der Waals surface area contributed by atoms with E-state index in [1.54, 1.807) is 0 Å². The summed E-state index contributed by atoms with van der Waals surface area (Å²) in [4.78, 5) is 12.0. The van der Waals surface area contributed by atoms with Crippen LogP contribution in [0.5, 0.6) is 5.75 Å². The fourth-order valence-electron chi connectivity index (χ4n) is 1.70. The summed E-state index contributed by atoms with van der Waals surface area (Å²) in [5.41, 5.74) is 3.18. The third-order valence-corrected chi connectivity index (χ3v) is 2.50. The molecule has 1 saturated heterocycles. The second kappa shape index (κ2) is 5.84. The molecule has 2 rings (SSSR count). The highest BCUT2D eigenvalue weighted by molar-refractivity contribution is 5.96. The normalized spacial score (nSPS) is 14.4. The van der Waals surface area contributed by atoms with Crippen molar-refractivity contribution in [3.8, 4) is 5.75 Å². The lowest BCUT2D eigenvalue weighted by atomic mass is 10.2. The molecule has 0 saturated carbocycles. The summed E-state index contributed by atoms with van der Waals surface area (Å²) in [5, 5.41) is 1.48. The average Bonchev–Trinajstić information content (AvgIpc) is 2.81. The quantitative estimate of drug-likeness (QED) is 0.878. The summed E-state index contributed by atoms with van der Waals surface area (Å²) in [6.45, 7) is 1.40. The predicted molar refractivity (Wildman–Crippen MR) is 63.9 cm³/mol. The maximum absolute atomic E-state index is 13.1. The number of methoxy groups -OCH3 is 1. The van der Waals surface area contributed by atoms with E-state index in [0.29, 0.717) is 12.3 Å². The minimum atomic E-state index is -0.441. The van der Waals surface area contributed by atoms with E-state index < -0.39 is 5.82 Å². The maximum atomic E-state index is 13.1. The van der Waals surface area contributed by atoms with Gasteiger partial charge in [-0.15, -0.1) is 12.4 Å². The van der Waals surface area contributed by atoms with Gasteiger partial charge in [0.2, 0.25) is 0 Å². The zero-order valence-corrected chi connectivity index (χ0v) is 10.2. The molecule has 94 valence electrons. The van der Waals surface area contributed by atoms with Gasteiger partial charge in [-0.25, -0.2) is 9.82 Å². The Morgan fingerprint density at radius 3 is 2.88 bits per heavy atom. The molecular weight excluding hydrogens is 247 g/mol. The third kappa shape index (κ3) is 2.87. The molecule has 0 atom stereocenters. The number of hydrogen-bond acceptors (Lipinski definition) is 3. The molecule has 0 aromatic heterocycles.